The van der Waals surface area contributed by atoms with Gasteiger partial charge in [0.1, 0.15) is 5.82 Å². The van der Waals surface area contributed by atoms with Crippen LogP contribution in [0.15, 0.2) is 30.3 Å². The van der Waals surface area contributed by atoms with Crippen LogP contribution in [-0.4, -0.2) is 70.9 Å². The fraction of sp³-hybridized carbons (Fsp3) is 0.519. The third-order valence-corrected chi connectivity index (χ3v) is 7.41. The minimum Gasteiger partial charge on any atom is -0.366 e. The molecule has 194 valence electrons. The molecule has 0 bridgehead atoms. The molecule has 9 heteroatoms. The summed E-state index contributed by atoms with van der Waals surface area (Å²) in [5.74, 6) is -0.959. The van der Waals surface area contributed by atoms with Gasteiger partial charge in [0.15, 0.2) is 5.78 Å². The summed E-state index contributed by atoms with van der Waals surface area (Å²) in [6, 6.07) is 8.10. The van der Waals surface area contributed by atoms with Crippen molar-refractivity contribution in [2.75, 3.05) is 32.7 Å². The number of piperazine rings is 1. The molecule has 1 aliphatic heterocycles. The van der Waals surface area contributed by atoms with E-state index < -0.39 is 5.91 Å². The van der Waals surface area contributed by atoms with Gasteiger partial charge >= 0.3 is 6.03 Å². The predicted octanol–water partition coefficient (Wildman–Crippen LogP) is 3.12. The molecule has 1 aliphatic carbocycles. The van der Waals surface area contributed by atoms with E-state index in [9.17, 15) is 18.8 Å². The standard InChI is InChI=1S/C27H36FN5O3/c1-19-23(26(29)35)17-24(33(19)12-11-20-7-9-21(28)10-8-20)25(34)18-31-13-15-32(16-14-31)27(36)30-22-5-3-2-4-6-22/h7-10,17,22H,2-6,11-16,18H2,1H3,(H2,29,35)(H,30,36). The lowest BCUT2D eigenvalue weighted by molar-refractivity contribution is 0.0866. The summed E-state index contributed by atoms with van der Waals surface area (Å²) in [5, 5.41) is 3.16. The first-order chi connectivity index (χ1) is 17.3. The highest BCUT2D eigenvalue weighted by molar-refractivity contribution is 6.01. The molecule has 2 aromatic rings. The summed E-state index contributed by atoms with van der Waals surface area (Å²) in [7, 11) is 0. The van der Waals surface area contributed by atoms with Gasteiger partial charge in [-0.2, -0.15) is 0 Å². The Bertz CT molecular complexity index is 1080. The van der Waals surface area contributed by atoms with Crippen molar-refractivity contribution in [2.24, 2.45) is 5.73 Å². The van der Waals surface area contributed by atoms with Crippen molar-refractivity contribution in [1.82, 2.24) is 19.7 Å². The largest absolute Gasteiger partial charge is 0.366 e. The number of Topliss-reactive ketones (excluding diaryl/α,β-unsaturated/α-hetero) is 1. The van der Waals surface area contributed by atoms with Crippen molar-refractivity contribution in [3.05, 3.63) is 58.7 Å². The van der Waals surface area contributed by atoms with Gasteiger partial charge in [0.25, 0.3) is 5.91 Å². The maximum Gasteiger partial charge on any atom is 0.317 e. The second-order valence-corrected chi connectivity index (χ2v) is 9.89. The fourth-order valence-electron chi connectivity index (χ4n) is 5.21. The molecule has 4 rings (SSSR count). The molecule has 1 saturated heterocycles. The molecule has 3 N–H and O–H groups in total. The number of hydrogen-bond donors (Lipinski definition) is 2. The monoisotopic (exact) mass is 497 g/mol. The number of nitrogens with two attached hydrogens (primary N) is 1. The average Bonchev–Trinajstić information content (AvgIpc) is 3.21. The quantitative estimate of drug-likeness (QED) is 0.547. The molecule has 8 nitrogen and oxygen atoms in total. The molecule has 3 amide bonds. The Morgan fingerprint density at radius 1 is 1.03 bits per heavy atom. The number of benzene rings is 1. The molecule has 36 heavy (non-hydrogen) atoms. The second-order valence-electron chi connectivity index (χ2n) is 9.89. The van der Waals surface area contributed by atoms with Crippen LogP contribution in [0.1, 0.15) is 64.2 Å². The van der Waals surface area contributed by atoms with Crippen molar-refractivity contribution in [3.8, 4) is 0 Å². The van der Waals surface area contributed by atoms with Crippen LogP contribution in [0.25, 0.3) is 0 Å². The Morgan fingerprint density at radius 2 is 1.69 bits per heavy atom. The average molecular weight is 498 g/mol. The van der Waals surface area contributed by atoms with Crippen LogP contribution >= 0.6 is 0 Å². The van der Waals surface area contributed by atoms with E-state index in [4.69, 9.17) is 5.73 Å². The molecule has 1 aromatic carbocycles. The Morgan fingerprint density at radius 3 is 2.33 bits per heavy atom. The van der Waals surface area contributed by atoms with E-state index in [1.54, 1.807) is 25.1 Å². The van der Waals surface area contributed by atoms with E-state index in [0.717, 1.165) is 18.4 Å². The third-order valence-electron chi connectivity index (χ3n) is 7.41. The van der Waals surface area contributed by atoms with Crippen LogP contribution in [0.3, 0.4) is 0 Å². The van der Waals surface area contributed by atoms with Crippen molar-refractivity contribution in [1.29, 1.82) is 0 Å². The first kappa shape index (κ1) is 25.9. The lowest BCUT2D eigenvalue weighted by atomic mass is 9.96. The Balaban J connectivity index is 1.36. The third kappa shape index (κ3) is 6.32. The zero-order valence-electron chi connectivity index (χ0n) is 21.0. The van der Waals surface area contributed by atoms with Gasteiger partial charge in [0.2, 0.25) is 0 Å². The normalized spacial score (nSPS) is 17.2. The number of primary amides is 1. The highest BCUT2D eigenvalue weighted by atomic mass is 19.1. The van der Waals surface area contributed by atoms with E-state index in [0.29, 0.717) is 56.1 Å². The molecular weight excluding hydrogens is 461 g/mol. The SMILES string of the molecule is Cc1c(C(N)=O)cc(C(=O)CN2CCN(C(=O)NC3CCCCC3)CC2)n1CCc1ccc(F)cc1. The van der Waals surface area contributed by atoms with Gasteiger partial charge in [0, 0.05) is 44.5 Å². The van der Waals surface area contributed by atoms with Gasteiger partial charge in [-0.1, -0.05) is 31.4 Å². The van der Waals surface area contributed by atoms with Gasteiger partial charge in [-0.3, -0.25) is 14.5 Å². The Kier molecular flexibility index (Phi) is 8.40. The molecular formula is C27H36FN5O3. The second kappa shape index (κ2) is 11.7. The van der Waals surface area contributed by atoms with Gasteiger partial charge < -0.3 is 20.5 Å². The maximum absolute atomic E-state index is 13.3. The zero-order chi connectivity index (χ0) is 25.7. The molecule has 1 aromatic heterocycles. The zero-order valence-corrected chi connectivity index (χ0v) is 21.0. The van der Waals surface area contributed by atoms with Crippen LogP contribution < -0.4 is 11.1 Å². The van der Waals surface area contributed by atoms with Crippen molar-refractivity contribution >= 4 is 17.7 Å². The number of nitrogens with one attached hydrogen (secondary N) is 1. The lowest BCUT2D eigenvalue weighted by Crippen LogP contribution is -2.54. The minimum atomic E-state index is -0.570. The van der Waals surface area contributed by atoms with Gasteiger partial charge in [-0.25, -0.2) is 9.18 Å². The molecule has 1 saturated carbocycles. The van der Waals surface area contributed by atoms with Gasteiger partial charge in [-0.15, -0.1) is 0 Å². The summed E-state index contributed by atoms with van der Waals surface area (Å²) >= 11 is 0. The first-order valence-corrected chi connectivity index (χ1v) is 12.9. The summed E-state index contributed by atoms with van der Waals surface area (Å²) in [6.45, 7) is 4.83. The van der Waals surface area contributed by atoms with E-state index in [-0.39, 0.29) is 30.2 Å². The van der Waals surface area contributed by atoms with E-state index in [1.165, 1.54) is 31.4 Å². The topological polar surface area (TPSA) is 101 Å². The number of aryl methyl sites for hydroxylation is 1. The predicted molar refractivity (Wildman–Crippen MR) is 136 cm³/mol. The van der Waals surface area contributed by atoms with Crippen molar-refractivity contribution < 1.29 is 18.8 Å². The van der Waals surface area contributed by atoms with Gasteiger partial charge in [-0.05, 0) is 49.9 Å². The number of amides is 3. The number of carbonyl (C=O) groups excluding carboxylic acids is 3. The number of aromatic nitrogens is 1. The molecule has 0 spiro atoms. The highest BCUT2D eigenvalue weighted by Gasteiger charge is 2.27. The number of hydrogen-bond acceptors (Lipinski definition) is 4. The van der Waals surface area contributed by atoms with E-state index >= 15 is 0 Å². The molecule has 0 atom stereocenters. The van der Waals surface area contributed by atoms with Crippen LogP contribution in [0.4, 0.5) is 9.18 Å². The molecule has 2 aliphatic rings. The molecule has 2 heterocycles. The summed E-state index contributed by atoms with van der Waals surface area (Å²) in [4.78, 5) is 41.8. The highest BCUT2D eigenvalue weighted by Crippen LogP contribution is 2.19. The Labute approximate surface area is 211 Å². The van der Waals surface area contributed by atoms with E-state index in [1.807, 2.05) is 14.4 Å². The van der Waals surface area contributed by atoms with Crippen molar-refractivity contribution in [3.63, 3.8) is 0 Å². The number of urea groups is 1. The van der Waals surface area contributed by atoms with Crippen molar-refractivity contribution in [2.45, 2.75) is 58.0 Å². The molecule has 0 radical (unpaired) electrons. The maximum atomic E-state index is 13.3. The molecule has 0 unspecified atom stereocenters. The number of rotatable bonds is 8. The fourth-order valence-corrected chi connectivity index (χ4v) is 5.21. The molecule has 2 fully saturated rings. The van der Waals surface area contributed by atoms with Gasteiger partial charge in [0.05, 0.1) is 17.8 Å². The number of halogens is 1. The van der Waals surface area contributed by atoms with E-state index in [2.05, 4.69) is 5.32 Å². The minimum absolute atomic E-state index is 0.00993. The van der Waals surface area contributed by atoms with Crippen LogP contribution in [0.2, 0.25) is 0 Å². The number of carbonyl (C=O) groups is 3. The number of ketones is 1. The summed E-state index contributed by atoms with van der Waals surface area (Å²) in [6.07, 6.45) is 6.27. The lowest BCUT2D eigenvalue weighted by Gasteiger charge is -2.35. The Hall–Kier alpha value is -3.20. The summed E-state index contributed by atoms with van der Waals surface area (Å²) < 4.78 is 15.1. The number of nitrogens with zero attached hydrogens (tertiary/aromatic N) is 3. The van der Waals surface area contributed by atoms with Crippen LogP contribution in [0.5, 0.6) is 0 Å². The summed E-state index contributed by atoms with van der Waals surface area (Å²) in [5.41, 5.74) is 7.92. The smallest absolute Gasteiger partial charge is 0.317 e. The first-order valence-electron chi connectivity index (χ1n) is 12.9. The van der Waals surface area contributed by atoms with Crippen LogP contribution in [-0.2, 0) is 13.0 Å². The van der Waals surface area contributed by atoms with Crippen LogP contribution in [0, 0.1) is 12.7 Å².